The van der Waals surface area contributed by atoms with Crippen molar-refractivity contribution < 1.29 is 14.3 Å². The number of fused-ring (bicyclic) bond motifs is 1. The van der Waals surface area contributed by atoms with Crippen molar-refractivity contribution in [2.45, 2.75) is 19.3 Å². The Balaban J connectivity index is 1.33. The predicted octanol–water partition coefficient (Wildman–Crippen LogP) is 5.24. The summed E-state index contributed by atoms with van der Waals surface area (Å²) in [6, 6.07) is 24.9. The zero-order valence-corrected chi connectivity index (χ0v) is 20.5. The molecule has 1 aromatic heterocycles. The first-order chi connectivity index (χ1) is 18.2. The fraction of sp³-hybridized carbons (Fsp3) is 0.172. The van der Waals surface area contributed by atoms with Gasteiger partial charge in [0.05, 0.1) is 19.3 Å². The first kappa shape index (κ1) is 24.0. The number of aromatic amines is 1. The molecule has 0 aliphatic carbocycles. The van der Waals surface area contributed by atoms with Crippen LogP contribution in [-0.2, 0) is 6.42 Å². The lowest BCUT2D eigenvalue weighted by molar-refractivity contribution is 0.104. The van der Waals surface area contributed by atoms with Gasteiger partial charge in [0, 0.05) is 22.2 Å². The standard InChI is InChI=1S/C29H27N5O3/c1-36-28-25-21(18-24(30)26(28)29-31-33-34-32-29)11-7-12-23(25)27(35)20-13-15-22(16-14-20)37-17-6-5-10-19-8-3-2-4-9-19/h2-4,7-9,11-16,18H,5-6,10,17,30H2,1H3,(H,31,32,33,34). The lowest BCUT2D eigenvalue weighted by Gasteiger charge is -2.15. The van der Waals surface area contributed by atoms with E-state index < -0.39 is 0 Å². The number of anilines is 1. The highest BCUT2D eigenvalue weighted by Crippen LogP contribution is 2.41. The summed E-state index contributed by atoms with van der Waals surface area (Å²) in [7, 11) is 1.53. The van der Waals surface area contributed by atoms with Crippen LogP contribution in [0.2, 0.25) is 0 Å². The Labute approximate surface area is 214 Å². The molecule has 5 rings (SSSR count). The number of hydrogen-bond acceptors (Lipinski definition) is 7. The number of ketones is 1. The molecule has 0 unspecified atom stereocenters. The second-order valence-electron chi connectivity index (χ2n) is 8.66. The van der Waals surface area contributed by atoms with Crippen LogP contribution in [-0.4, -0.2) is 40.1 Å². The van der Waals surface area contributed by atoms with E-state index in [1.807, 2.05) is 30.3 Å². The summed E-state index contributed by atoms with van der Waals surface area (Å²) in [5, 5.41) is 15.6. The van der Waals surface area contributed by atoms with Crippen molar-refractivity contribution in [3.63, 3.8) is 0 Å². The van der Waals surface area contributed by atoms with Gasteiger partial charge in [0.25, 0.3) is 0 Å². The number of rotatable bonds is 10. The van der Waals surface area contributed by atoms with E-state index in [1.165, 1.54) is 12.7 Å². The second-order valence-corrected chi connectivity index (χ2v) is 8.66. The molecule has 0 aliphatic rings. The van der Waals surface area contributed by atoms with Crippen LogP contribution in [0.25, 0.3) is 22.2 Å². The topological polar surface area (TPSA) is 116 Å². The lowest BCUT2D eigenvalue weighted by atomic mass is 9.94. The van der Waals surface area contributed by atoms with Gasteiger partial charge in [-0.05, 0) is 65.8 Å². The molecular formula is C29H27N5O3. The number of carbonyl (C=O) groups excluding carboxylic acids is 1. The molecule has 0 saturated carbocycles. The molecule has 0 spiro atoms. The average Bonchev–Trinajstić information content (AvgIpc) is 3.47. The molecule has 0 aliphatic heterocycles. The van der Waals surface area contributed by atoms with E-state index in [0.717, 1.165) is 30.4 Å². The summed E-state index contributed by atoms with van der Waals surface area (Å²) in [5.41, 5.74) is 9.59. The van der Waals surface area contributed by atoms with Crippen LogP contribution in [0.3, 0.4) is 0 Å². The van der Waals surface area contributed by atoms with Gasteiger partial charge in [-0.15, -0.1) is 10.2 Å². The van der Waals surface area contributed by atoms with Crippen molar-refractivity contribution >= 4 is 22.2 Å². The Morgan fingerprint density at radius 3 is 2.51 bits per heavy atom. The van der Waals surface area contributed by atoms with Gasteiger partial charge >= 0.3 is 0 Å². The molecule has 0 atom stereocenters. The SMILES string of the molecule is COc1c(-c2nn[nH]n2)c(N)cc2cccc(C(=O)c3ccc(OCCCCc4ccccc4)cc3)c12. The molecule has 0 bridgehead atoms. The highest BCUT2D eigenvalue weighted by Gasteiger charge is 2.22. The molecule has 0 radical (unpaired) electrons. The van der Waals surface area contributed by atoms with E-state index in [1.54, 1.807) is 24.3 Å². The number of nitrogens with two attached hydrogens (primary N) is 1. The average molecular weight is 494 g/mol. The maximum absolute atomic E-state index is 13.6. The number of ether oxygens (including phenoxy) is 2. The number of aryl methyl sites for hydroxylation is 1. The van der Waals surface area contributed by atoms with E-state index >= 15 is 0 Å². The van der Waals surface area contributed by atoms with Crippen molar-refractivity contribution in [3.8, 4) is 22.9 Å². The molecule has 0 saturated heterocycles. The molecule has 5 aromatic rings. The maximum atomic E-state index is 13.6. The van der Waals surface area contributed by atoms with E-state index in [0.29, 0.717) is 45.9 Å². The van der Waals surface area contributed by atoms with Gasteiger partial charge in [-0.1, -0.05) is 48.5 Å². The third-order valence-electron chi connectivity index (χ3n) is 6.26. The van der Waals surface area contributed by atoms with Crippen LogP contribution in [0.5, 0.6) is 11.5 Å². The van der Waals surface area contributed by atoms with E-state index in [-0.39, 0.29) is 5.78 Å². The molecule has 37 heavy (non-hydrogen) atoms. The molecule has 8 heteroatoms. The van der Waals surface area contributed by atoms with Crippen molar-refractivity contribution in [2.24, 2.45) is 0 Å². The number of nitrogens with one attached hydrogen (secondary N) is 1. The normalized spacial score (nSPS) is 10.9. The number of aromatic nitrogens is 4. The highest BCUT2D eigenvalue weighted by atomic mass is 16.5. The van der Waals surface area contributed by atoms with Crippen molar-refractivity contribution in [3.05, 3.63) is 95.6 Å². The summed E-state index contributed by atoms with van der Waals surface area (Å²) in [6.45, 7) is 0.626. The van der Waals surface area contributed by atoms with Crippen LogP contribution in [0.15, 0.2) is 78.9 Å². The fourth-order valence-electron chi connectivity index (χ4n) is 4.46. The number of nitrogens with zero attached hydrogens (tertiary/aromatic N) is 3. The first-order valence-electron chi connectivity index (χ1n) is 12.1. The molecule has 186 valence electrons. The molecule has 0 fully saturated rings. The summed E-state index contributed by atoms with van der Waals surface area (Å²) >= 11 is 0. The van der Waals surface area contributed by atoms with E-state index in [2.05, 4.69) is 44.9 Å². The Morgan fingerprint density at radius 2 is 1.78 bits per heavy atom. The van der Waals surface area contributed by atoms with Crippen LogP contribution in [0.1, 0.15) is 34.3 Å². The smallest absolute Gasteiger partial charge is 0.210 e. The third kappa shape index (κ3) is 5.13. The molecule has 4 aromatic carbocycles. The largest absolute Gasteiger partial charge is 0.495 e. The number of tetrazole rings is 1. The predicted molar refractivity (Wildman–Crippen MR) is 143 cm³/mol. The van der Waals surface area contributed by atoms with Gasteiger partial charge < -0.3 is 15.2 Å². The number of carbonyl (C=O) groups is 1. The molecule has 8 nitrogen and oxygen atoms in total. The van der Waals surface area contributed by atoms with E-state index in [9.17, 15) is 4.79 Å². The van der Waals surface area contributed by atoms with Crippen LogP contribution in [0.4, 0.5) is 5.69 Å². The number of methoxy groups -OCH3 is 1. The fourth-order valence-corrected chi connectivity index (χ4v) is 4.46. The Hall–Kier alpha value is -4.72. The number of unbranched alkanes of at least 4 members (excludes halogenated alkanes) is 1. The lowest BCUT2D eigenvalue weighted by Crippen LogP contribution is -2.05. The van der Waals surface area contributed by atoms with Crippen molar-refractivity contribution in [1.82, 2.24) is 20.6 Å². The molecule has 0 amide bonds. The zero-order chi connectivity index (χ0) is 25.6. The monoisotopic (exact) mass is 493 g/mol. The van der Waals surface area contributed by atoms with Gasteiger partial charge in [-0.2, -0.15) is 5.21 Å². The number of nitrogen functional groups attached to an aromatic ring is 1. The van der Waals surface area contributed by atoms with Crippen LogP contribution >= 0.6 is 0 Å². The molecule has 3 N–H and O–H groups in total. The quantitative estimate of drug-likeness (QED) is 0.155. The van der Waals surface area contributed by atoms with Gasteiger partial charge in [0.2, 0.25) is 5.82 Å². The summed E-state index contributed by atoms with van der Waals surface area (Å²) in [5.74, 6) is 1.32. The minimum absolute atomic E-state index is 0.137. The Kier molecular flexibility index (Phi) is 7.07. The zero-order valence-electron chi connectivity index (χ0n) is 20.5. The number of H-pyrrole nitrogens is 1. The number of benzene rings is 4. The van der Waals surface area contributed by atoms with Crippen LogP contribution < -0.4 is 15.2 Å². The van der Waals surface area contributed by atoms with E-state index in [4.69, 9.17) is 15.2 Å². The second kappa shape index (κ2) is 10.9. The summed E-state index contributed by atoms with van der Waals surface area (Å²) in [6.07, 6.45) is 3.04. The molecular weight excluding hydrogens is 466 g/mol. The third-order valence-corrected chi connectivity index (χ3v) is 6.26. The van der Waals surface area contributed by atoms with Crippen molar-refractivity contribution in [2.75, 3.05) is 19.5 Å². The minimum atomic E-state index is -0.137. The Morgan fingerprint density at radius 1 is 0.973 bits per heavy atom. The van der Waals surface area contributed by atoms with Gasteiger partial charge in [0.15, 0.2) is 5.78 Å². The van der Waals surface area contributed by atoms with Gasteiger partial charge in [0.1, 0.15) is 11.5 Å². The summed E-state index contributed by atoms with van der Waals surface area (Å²) in [4.78, 5) is 13.6. The van der Waals surface area contributed by atoms with Crippen LogP contribution in [0, 0.1) is 0 Å². The number of hydrogen-bond donors (Lipinski definition) is 2. The van der Waals surface area contributed by atoms with Gasteiger partial charge in [-0.3, -0.25) is 4.79 Å². The first-order valence-corrected chi connectivity index (χ1v) is 12.1. The van der Waals surface area contributed by atoms with Gasteiger partial charge in [-0.25, -0.2) is 0 Å². The maximum Gasteiger partial charge on any atom is 0.210 e. The van der Waals surface area contributed by atoms with Crippen molar-refractivity contribution in [1.29, 1.82) is 0 Å². The minimum Gasteiger partial charge on any atom is -0.495 e. The Bertz CT molecular complexity index is 1500. The highest BCUT2D eigenvalue weighted by molar-refractivity contribution is 6.19. The summed E-state index contributed by atoms with van der Waals surface area (Å²) < 4.78 is 11.6. The molecule has 1 heterocycles.